The number of nitriles is 1. The first-order valence-corrected chi connectivity index (χ1v) is 7.36. The van der Waals surface area contributed by atoms with Gasteiger partial charge in [0.2, 0.25) is 5.91 Å². The third-order valence-electron chi connectivity index (χ3n) is 3.44. The van der Waals surface area contributed by atoms with Crippen LogP contribution in [0.3, 0.4) is 0 Å². The molecule has 0 saturated carbocycles. The number of nitrogens with zero attached hydrogens (tertiary/aromatic N) is 2. The molecule has 0 aliphatic heterocycles. The van der Waals surface area contributed by atoms with Gasteiger partial charge in [0, 0.05) is 19.5 Å². The lowest BCUT2D eigenvalue weighted by Crippen LogP contribution is -2.33. The van der Waals surface area contributed by atoms with Crippen molar-refractivity contribution in [3.8, 4) is 6.07 Å². The molecule has 1 amide bonds. The minimum Gasteiger partial charge on any atom is -0.343 e. The lowest BCUT2D eigenvalue weighted by atomic mass is 9.93. The molecule has 0 aromatic heterocycles. The molecule has 1 rings (SSSR count). The molecule has 20 heavy (non-hydrogen) atoms. The second-order valence-corrected chi connectivity index (χ2v) is 5.12. The molecule has 3 nitrogen and oxygen atoms in total. The maximum Gasteiger partial charge on any atom is 0.224 e. The van der Waals surface area contributed by atoms with Gasteiger partial charge in [0.25, 0.3) is 0 Å². The standard InChI is InChI=1S/C17H24N2O/c1-4-10-19(11-5-2)17(20)12-15(13-18)16-9-7-6-8-14(16)3/h6-9,15H,4-5,10-12H2,1-3H3. The third-order valence-corrected chi connectivity index (χ3v) is 3.44. The SMILES string of the molecule is CCCN(CCC)C(=O)CC(C#N)c1ccccc1C. The summed E-state index contributed by atoms with van der Waals surface area (Å²) in [6.07, 6.45) is 2.18. The molecule has 0 fully saturated rings. The Balaban J connectivity index is 2.80. The summed E-state index contributed by atoms with van der Waals surface area (Å²) in [5.41, 5.74) is 2.04. The number of hydrogen-bond acceptors (Lipinski definition) is 2. The summed E-state index contributed by atoms with van der Waals surface area (Å²) >= 11 is 0. The molecule has 1 unspecified atom stereocenters. The van der Waals surface area contributed by atoms with Gasteiger partial charge >= 0.3 is 0 Å². The van der Waals surface area contributed by atoms with Gasteiger partial charge in [-0.2, -0.15) is 5.26 Å². The Hall–Kier alpha value is -1.82. The van der Waals surface area contributed by atoms with E-state index < -0.39 is 0 Å². The highest BCUT2D eigenvalue weighted by molar-refractivity contribution is 5.77. The van der Waals surface area contributed by atoms with Gasteiger partial charge in [-0.05, 0) is 30.9 Å². The fourth-order valence-electron chi connectivity index (χ4n) is 2.41. The molecular weight excluding hydrogens is 248 g/mol. The van der Waals surface area contributed by atoms with Crippen molar-refractivity contribution in [1.82, 2.24) is 4.90 Å². The number of hydrogen-bond donors (Lipinski definition) is 0. The van der Waals surface area contributed by atoms with Gasteiger partial charge in [0.1, 0.15) is 0 Å². The summed E-state index contributed by atoms with van der Waals surface area (Å²) in [7, 11) is 0. The lowest BCUT2D eigenvalue weighted by molar-refractivity contribution is -0.131. The molecule has 1 atom stereocenters. The maximum absolute atomic E-state index is 12.4. The highest BCUT2D eigenvalue weighted by Gasteiger charge is 2.20. The molecule has 1 aromatic carbocycles. The highest BCUT2D eigenvalue weighted by atomic mass is 16.2. The molecule has 0 aliphatic rings. The minimum absolute atomic E-state index is 0.0866. The first kappa shape index (κ1) is 16.2. The predicted molar refractivity (Wildman–Crippen MR) is 81.3 cm³/mol. The Morgan fingerprint density at radius 3 is 2.35 bits per heavy atom. The van der Waals surface area contributed by atoms with Crippen LogP contribution in [0.2, 0.25) is 0 Å². The zero-order chi connectivity index (χ0) is 15.0. The fraction of sp³-hybridized carbons (Fsp3) is 0.529. The summed E-state index contributed by atoms with van der Waals surface area (Å²) in [4.78, 5) is 14.2. The molecule has 3 heteroatoms. The Kier molecular flexibility index (Phi) is 6.79. The number of amides is 1. The normalized spacial score (nSPS) is 11.7. The largest absolute Gasteiger partial charge is 0.343 e. The summed E-state index contributed by atoms with van der Waals surface area (Å²) in [5.74, 6) is -0.261. The average Bonchev–Trinajstić information content (AvgIpc) is 2.45. The molecule has 0 aliphatic carbocycles. The van der Waals surface area contributed by atoms with E-state index in [9.17, 15) is 10.1 Å². The number of carbonyl (C=O) groups excluding carboxylic acids is 1. The van der Waals surface area contributed by atoms with E-state index in [0.29, 0.717) is 0 Å². The molecule has 0 spiro atoms. The second-order valence-electron chi connectivity index (χ2n) is 5.12. The Morgan fingerprint density at radius 1 is 1.25 bits per heavy atom. The summed E-state index contributed by atoms with van der Waals surface area (Å²) < 4.78 is 0. The third kappa shape index (κ3) is 4.38. The molecule has 0 bridgehead atoms. The molecule has 0 saturated heterocycles. The van der Waals surface area contributed by atoms with Crippen LogP contribution in [0, 0.1) is 18.3 Å². The molecular formula is C17H24N2O. The Bertz CT molecular complexity index is 470. The van der Waals surface area contributed by atoms with Crippen LogP contribution in [0.5, 0.6) is 0 Å². The zero-order valence-corrected chi connectivity index (χ0v) is 12.7. The van der Waals surface area contributed by atoms with Crippen LogP contribution in [-0.4, -0.2) is 23.9 Å². The first-order valence-electron chi connectivity index (χ1n) is 7.36. The molecule has 0 heterocycles. The summed E-state index contributed by atoms with van der Waals surface area (Å²) in [6, 6.07) is 10.1. The zero-order valence-electron chi connectivity index (χ0n) is 12.7. The number of benzene rings is 1. The van der Waals surface area contributed by atoms with Crippen molar-refractivity contribution in [2.45, 2.75) is 46.0 Å². The molecule has 1 aromatic rings. The topological polar surface area (TPSA) is 44.1 Å². The van der Waals surface area contributed by atoms with Crippen LogP contribution in [0.1, 0.15) is 50.2 Å². The minimum atomic E-state index is -0.347. The average molecular weight is 272 g/mol. The van der Waals surface area contributed by atoms with Crippen molar-refractivity contribution in [3.63, 3.8) is 0 Å². The van der Waals surface area contributed by atoms with E-state index in [2.05, 4.69) is 19.9 Å². The molecule has 0 N–H and O–H groups in total. The Morgan fingerprint density at radius 2 is 1.85 bits per heavy atom. The van der Waals surface area contributed by atoms with Gasteiger partial charge in [-0.15, -0.1) is 0 Å². The Labute approximate surface area is 122 Å². The second kappa shape index (κ2) is 8.37. The maximum atomic E-state index is 12.4. The van der Waals surface area contributed by atoms with Crippen molar-refractivity contribution in [2.75, 3.05) is 13.1 Å². The lowest BCUT2D eigenvalue weighted by Gasteiger charge is -2.23. The van der Waals surface area contributed by atoms with Gasteiger partial charge in [0.15, 0.2) is 0 Å². The van der Waals surface area contributed by atoms with E-state index in [1.54, 1.807) is 0 Å². The monoisotopic (exact) mass is 272 g/mol. The summed E-state index contributed by atoms with van der Waals surface area (Å²) in [5, 5.41) is 9.37. The van der Waals surface area contributed by atoms with Crippen LogP contribution >= 0.6 is 0 Å². The van der Waals surface area contributed by atoms with Gasteiger partial charge < -0.3 is 4.90 Å². The molecule has 108 valence electrons. The van der Waals surface area contributed by atoms with Gasteiger partial charge in [-0.1, -0.05) is 38.1 Å². The number of aryl methyl sites for hydroxylation is 1. The van der Waals surface area contributed by atoms with E-state index in [4.69, 9.17) is 0 Å². The van der Waals surface area contributed by atoms with Gasteiger partial charge in [-0.25, -0.2) is 0 Å². The van der Waals surface area contributed by atoms with Crippen molar-refractivity contribution in [1.29, 1.82) is 5.26 Å². The summed E-state index contributed by atoms with van der Waals surface area (Å²) in [6.45, 7) is 7.68. The molecule has 0 radical (unpaired) electrons. The van der Waals surface area contributed by atoms with Crippen LogP contribution in [0.4, 0.5) is 0 Å². The van der Waals surface area contributed by atoms with Crippen molar-refractivity contribution in [2.24, 2.45) is 0 Å². The van der Waals surface area contributed by atoms with Crippen molar-refractivity contribution >= 4 is 5.91 Å². The van der Waals surface area contributed by atoms with E-state index in [0.717, 1.165) is 37.1 Å². The number of carbonyl (C=O) groups is 1. The number of rotatable bonds is 7. The van der Waals surface area contributed by atoms with Gasteiger partial charge in [0.05, 0.1) is 12.0 Å². The first-order chi connectivity index (χ1) is 9.63. The quantitative estimate of drug-likeness (QED) is 0.760. The van der Waals surface area contributed by atoms with E-state index in [1.807, 2.05) is 36.1 Å². The van der Waals surface area contributed by atoms with E-state index >= 15 is 0 Å². The van der Waals surface area contributed by atoms with E-state index in [-0.39, 0.29) is 18.2 Å². The van der Waals surface area contributed by atoms with E-state index in [1.165, 1.54) is 0 Å². The predicted octanol–water partition coefficient (Wildman–Crippen LogP) is 3.64. The fourth-order valence-corrected chi connectivity index (χ4v) is 2.41. The van der Waals surface area contributed by atoms with Crippen molar-refractivity contribution in [3.05, 3.63) is 35.4 Å². The van der Waals surface area contributed by atoms with Crippen LogP contribution < -0.4 is 0 Å². The highest BCUT2D eigenvalue weighted by Crippen LogP contribution is 2.23. The van der Waals surface area contributed by atoms with Gasteiger partial charge in [-0.3, -0.25) is 4.79 Å². The van der Waals surface area contributed by atoms with Crippen LogP contribution in [-0.2, 0) is 4.79 Å². The van der Waals surface area contributed by atoms with Crippen LogP contribution in [0.25, 0.3) is 0 Å². The smallest absolute Gasteiger partial charge is 0.224 e. The van der Waals surface area contributed by atoms with Crippen LogP contribution in [0.15, 0.2) is 24.3 Å². The van der Waals surface area contributed by atoms with Crippen molar-refractivity contribution < 1.29 is 4.79 Å².